The number of amides is 1. The van der Waals surface area contributed by atoms with Crippen LogP contribution in [0.1, 0.15) is 0 Å². The molecular weight excluding hydrogens is 143 g/mol. The fourth-order valence-electron chi connectivity index (χ4n) is 0.368. The zero-order valence-corrected chi connectivity index (χ0v) is 5.04. The molecule has 0 bridgehead atoms. The van der Waals surface area contributed by atoms with Crippen LogP contribution >= 0.6 is 7.68 Å². The highest BCUT2D eigenvalue weighted by Gasteiger charge is 2.17. The van der Waals surface area contributed by atoms with Crippen LogP contribution in [0.2, 0.25) is 0 Å². The van der Waals surface area contributed by atoms with Crippen LogP contribution in [0.4, 0.5) is 0 Å². The Hall–Kier alpha value is -1.09. The van der Waals surface area contributed by atoms with Crippen molar-refractivity contribution in [2.75, 3.05) is 0 Å². The Labute approximate surface area is 50.3 Å². The number of hydrogen-bond donors (Lipinski definition) is 0. The summed E-state index contributed by atoms with van der Waals surface area (Å²) < 4.78 is 20.1. The molecule has 1 amide bonds. The predicted octanol–water partition coefficient (Wildman–Crippen LogP) is 0.993. The molecule has 1 rings (SSSR count). The van der Waals surface area contributed by atoms with E-state index in [0.717, 1.165) is 6.20 Å². The van der Waals surface area contributed by atoms with Gasteiger partial charge in [-0.05, 0) is 0 Å². The van der Waals surface area contributed by atoms with Gasteiger partial charge in [0.1, 0.15) is 0 Å². The SMILES string of the molecule is O=C1N=NC=C1P(=O)=O. The van der Waals surface area contributed by atoms with E-state index < -0.39 is 13.6 Å². The van der Waals surface area contributed by atoms with Crippen molar-refractivity contribution in [1.82, 2.24) is 0 Å². The standard InChI is InChI=1S/C3HN2O3P/c6-3-2(9(7)8)1-4-5-3/h1H. The Morgan fingerprint density at radius 1 is 1.44 bits per heavy atom. The minimum atomic E-state index is -2.82. The zero-order valence-electron chi connectivity index (χ0n) is 4.14. The molecule has 9 heavy (non-hydrogen) atoms. The molecular formula is C3HN2O3P. The Kier molecular flexibility index (Phi) is 1.36. The van der Waals surface area contributed by atoms with Crippen molar-refractivity contribution in [3.05, 3.63) is 11.5 Å². The highest BCUT2D eigenvalue weighted by molar-refractivity contribution is 7.38. The van der Waals surface area contributed by atoms with Gasteiger partial charge in [0, 0.05) is 0 Å². The molecule has 1 aliphatic heterocycles. The number of azo groups is 1. The van der Waals surface area contributed by atoms with Gasteiger partial charge in [-0.15, -0.1) is 5.11 Å². The van der Waals surface area contributed by atoms with Gasteiger partial charge in [0.25, 0.3) is 0 Å². The number of carbonyl (C=O) groups excluding carboxylic acids is 1. The minimum Gasteiger partial charge on any atom is -0.264 e. The molecule has 0 aliphatic carbocycles. The summed E-state index contributed by atoms with van der Waals surface area (Å²) in [5.74, 6) is -0.786. The van der Waals surface area contributed by atoms with Crippen molar-refractivity contribution in [2.24, 2.45) is 10.2 Å². The molecule has 0 fully saturated rings. The van der Waals surface area contributed by atoms with Crippen molar-refractivity contribution in [2.45, 2.75) is 0 Å². The second-order valence-electron chi connectivity index (χ2n) is 1.29. The Morgan fingerprint density at radius 2 is 2.11 bits per heavy atom. The smallest absolute Gasteiger partial charge is 0.264 e. The van der Waals surface area contributed by atoms with Crippen LogP contribution in [-0.4, -0.2) is 5.91 Å². The molecule has 0 N–H and O–H groups in total. The summed E-state index contributed by atoms with van der Waals surface area (Å²) in [5.41, 5.74) is 0. The van der Waals surface area contributed by atoms with Crippen LogP contribution in [0.5, 0.6) is 0 Å². The molecule has 1 aliphatic rings. The number of carbonyl (C=O) groups is 1. The molecule has 6 heteroatoms. The molecule has 0 unspecified atom stereocenters. The van der Waals surface area contributed by atoms with Crippen molar-refractivity contribution >= 4 is 13.6 Å². The normalized spacial score (nSPS) is 16.0. The van der Waals surface area contributed by atoms with Crippen molar-refractivity contribution < 1.29 is 13.9 Å². The first-order valence-corrected chi connectivity index (χ1v) is 3.19. The van der Waals surface area contributed by atoms with Gasteiger partial charge < -0.3 is 0 Å². The van der Waals surface area contributed by atoms with Gasteiger partial charge in [-0.1, -0.05) is 0 Å². The lowest BCUT2D eigenvalue weighted by atomic mass is 10.6. The lowest BCUT2D eigenvalue weighted by Crippen LogP contribution is -1.85. The third-order valence-corrected chi connectivity index (χ3v) is 1.44. The van der Waals surface area contributed by atoms with Crippen LogP contribution < -0.4 is 0 Å². The maximum atomic E-state index is 10.3. The van der Waals surface area contributed by atoms with Crippen molar-refractivity contribution in [3.63, 3.8) is 0 Å². The van der Waals surface area contributed by atoms with Crippen LogP contribution in [0.25, 0.3) is 0 Å². The number of hydrogen-bond acceptors (Lipinski definition) is 4. The average Bonchev–Trinajstić information content (AvgIpc) is 2.13. The largest absolute Gasteiger partial charge is 0.356 e. The second-order valence-corrected chi connectivity index (χ2v) is 2.29. The van der Waals surface area contributed by atoms with E-state index in [1.807, 2.05) is 0 Å². The topological polar surface area (TPSA) is 75.9 Å². The monoisotopic (exact) mass is 144 g/mol. The van der Waals surface area contributed by atoms with E-state index in [0.29, 0.717) is 0 Å². The summed E-state index contributed by atoms with van der Waals surface area (Å²) in [7, 11) is -2.82. The molecule has 0 spiro atoms. The van der Waals surface area contributed by atoms with Gasteiger partial charge in [0.2, 0.25) is 0 Å². The molecule has 0 atom stereocenters. The van der Waals surface area contributed by atoms with Crippen LogP contribution in [0.15, 0.2) is 21.7 Å². The molecule has 46 valence electrons. The van der Waals surface area contributed by atoms with Gasteiger partial charge in [-0.25, -0.2) is 9.13 Å². The molecule has 5 nitrogen and oxygen atoms in total. The maximum Gasteiger partial charge on any atom is 0.356 e. The van der Waals surface area contributed by atoms with Gasteiger partial charge in [-0.3, -0.25) is 4.79 Å². The molecule has 0 radical (unpaired) electrons. The average molecular weight is 144 g/mol. The van der Waals surface area contributed by atoms with Gasteiger partial charge in [0.15, 0.2) is 5.31 Å². The first kappa shape index (κ1) is 6.04. The zero-order chi connectivity index (χ0) is 6.85. The van der Waals surface area contributed by atoms with E-state index in [9.17, 15) is 13.9 Å². The fourth-order valence-corrected chi connectivity index (χ4v) is 0.715. The van der Waals surface area contributed by atoms with Crippen LogP contribution in [0.3, 0.4) is 0 Å². The van der Waals surface area contributed by atoms with E-state index in [1.54, 1.807) is 0 Å². The van der Waals surface area contributed by atoms with Crippen LogP contribution in [0, 0.1) is 0 Å². The summed E-state index contributed by atoms with van der Waals surface area (Å²) in [4.78, 5) is 10.3. The number of rotatable bonds is 1. The molecule has 0 aromatic carbocycles. The van der Waals surface area contributed by atoms with E-state index in [4.69, 9.17) is 0 Å². The maximum absolute atomic E-state index is 10.3. The van der Waals surface area contributed by atoms with E-state index >= 15 is 0 Å². The van der Waals surface area contributed by atoms with E-state index in [2.05, 4.69) is 10.2 Å². The Bertz CT molecular complexity index is 267. The second kappa shape index (κ2) is 2.03. The molecule has 0 aromatic rings. The summed E-state index contributed by atoms with van der Waals surface area (Å²) in [6, 6.07) is 0. The lowest BCUT2D eigenvalue weighted by Gasteiger charge is -1.73. The third kappa shape index (κ3) is 1.000. The molecule has 0 saturated heterocycles. The van der Waals surface area contributed by atoms with Crippen molar-refractivity contribution in [3.8, 4) is 0 Å². The highest BCUT2D eigenvalue weighted by Crippen LogP contribution is 2.24. The van der Waals surface area contributed by atoms with Crippen LogP contribution in [-0.2, 0) is 13.9 Å². The first-order chi connectivity index (χ1) is 4.22. The summed E-state index contributed by atoms with van der Waals surface area (Å²) in [6.45, 7) is 0. The molecule has 1 heterocycles. The minimum absolute atomic E-state index is 0.343. The summed E-state index contributed by atoms with van der Waals surface area (Å²) in [6.07, 6.45) is 0.925. The first-order valence-electron chi connectivity index (χ1n) is 2.01. The Morgan fingerprint density at radius 3 is 2.33 bits per heavy atom. The third-order valence-electron chi connectivity index (χ3n) is 0.744. The predicted molar refractivity (Wildman–Crippen MR) is 26.2 cm³/mol. The van der Waals surface area contributed by atoms with Gasteiger partial charge in [-0.2, -0.15) is 5.11 Å². The van der Waals surface area contributed by atoms with Crippen molar-refractivity contribution in [1.29, 1.82) is 0 Å². The van der Waals surface area contributed by atoms with Gasteiger partial charge in [0.05, 0.1) is 6.20 Å². The lowest BCUT2D eigenvalue weighted by molar-refractivity contribution is -0.113. The molecule has 0 saturated carbocycles. The molecule has 0 aromatic heterocycles. The summed E-state index contributed by atoms with van der Waals surface area (Å²) >= 11 is 0. The quantitative estimate of drug-likeness (QED) is 0.515. The number of nitrogens with zero attached hydrogens (tertiary/aromatic N) is 2. The summed E-state index contributed by atoms with van der Waals surface area (Å²) in [5, 5.41) is 5.70. The fraction of sp³-hybridized carbons (Fsp3) is 0. The van der Waals surface area contributed by atoms with E-state index in [-0.39, 0.29) is 5.31 Å². The highest BCUT2D eigenvalue weighted by atomic mass is 31.1. The Balaban J connectivity index is 3.02. The van der Waals surface area contributed by atoms with E-state index in [1.165, 1.54) is 0 Å². The van der Waals surface area contributed by atoms with Gasteiger partial charge >= 0.3 is 13.6 Å².